The number of fused-ring (bicyclic) bond motifs is 27. The van der Waals surface area contributed by atoms with Crippen molar-refractivity contribution in [2.75, 3.05) is 0 Å². The maximum atomic E-state index is 6.03. The molecule has 544 valence electrons. The lowest BCUT2D eigenvalue weighted by Gasteiger charge is -2.13. The van der Waals surface area contributed by atoms with Gasteiger partial charge in [-0.3, -0.25) is 29.9 Å². The first kappa shape index (κ1) is 67.3. The fraction of sp³-hybridized carbons (Fsp3) is 0. The molecule has 0 aliphatic carbocycles. The fourth-order valence-corrected chi connectivity index (χ4v) is 18.7. The first-order chi connectivity index (χ1) is 58.0. The molecule has 0 atom stereocenters. The van der Waals surface area contributed by atoms with Crippen LogP contribution in [0.3, 0.4) is 0 Å². The Morgan fingerprint density at radius 1 is 0.145 bits per heavy atom. The minimum Gasteiger partial charge on any atom is -0.456 e. The molecule has 0 aliphatic rings. The third-order valence-corrected chi connectivity index (χ3v) is 24.4. The third-order valence-electron chi connectivity index (χ3n) is 23.3. The standard InChI is InChI=1S/C40H24N2S.2C34H20N2O/c1-2-7-25(8-3-1)28-13-16-32-34(22-28)35-23-29(14-17-33(35)40-39(32)41-19-20-42-40)26-9-6-10-27(21-26)30-15-18-38-36(24-30)31-11-4-5-12-37(31)43-38;1-2-10-27-25(8-1)29-19-23(12-14-28(29)34-33(27)35-16-17-36-34)21-6-5-7-22(18-21)24-13-15-32-30(20-24)26-9-3-4-11-31(26)37-32;1-2-7-27-25(5-1)29-19-23(13-15-28(29)34-33(27)35-17-18-36-34)21-9-11-22(12-10-21)24-14-16-32-30(20-24)26-6-3-4-8-31(26)37-32/h1-24H;2*1-20H. The van der Waals surface area contributed by atoms with E-state index in [2.05, 4.69) is 348 Å². The molecule has 6 heterocycles. The second-order valence-corrected chi connectivity index (χ2v) is 31.0. The molecule has 25 rings (SSSR count). The molecule has 0 radical (unpaired) electrons. The van der Waals surface area contributed by atoms with Crippen molar-refractivity contribution in [3.05, 3.63) is 389 Å². The average Bonchev–Trinajstić information content (AvgIpc) is 1.67. The van der Waals surface area contributed by atoms with E-state index in [1.165, 1.54) is 130 Å². The third kappa shape index (κ3) is 11.7. The van der Waals surface area contributed by atoms with E-state index >= 15 is 0 Å². The van der Waals surface area contributed by atoms with E-state index in [1.807, 2.05) is 35.6 Å². The lowest BCUT2D eigenvalue weighted by molar-refractivity contribution is 0.668. The summed E-state index contributed by atoms with van der Waals surface area (Å²) in [6.07, 6.45) is 10.7. The Balaban J connectivity index is 0.000000104. The summed E-state index contributed by atoms with van der Waals surface area (Å²) in [4.78, 5) is 28.2. The Morgan fingerprint density at radius 3 is 0.803 bits per heavy atom. The SMILES string of the molecule is c1cc(-c2ccc3oc4ccccc4c3c2)cc(-c2ccc3c(c2)c2ccccc2c2nccnc32)c1.c1ccc(-c2ccc3c(c2)c2cc(-c4cccc(-c5ccc6sc7ccccc7c6c5)c4)ccc2c2nccnc32)cc1.c1ccc2c(c1)oc1ccc(-c3ccc(-c4ccc5c(c4)c4ccccc4c4nccnc54)cc3)cc12. The average molecular weight is 1510 g/mol. The van der Waals surface area contributed by atoms with Gasteiger partial charge in [0, 0.05) is 111 Å². The molecule has 6 aromatic heterocycles. The van der Waals surface area contributed by atoms with E-state index < -0.39 is 0 Å². The number of hydrogen-bond acceptors (Lipinski definition) is 9. The van der Waals surface area contributed by atoms with Gasteiger partial charge in [-0.1, -0.05) is 261 Å². The van der Waals surface area contributed by atoms with Crippen LogP contribution in [0.25, 0.3) is 240 Å². The Morgan fingerprint density at radius 2 is 0.393 bits per heavy atom. The Bertz CT molecular complexity index is 8290. The largest absolute Gasteiger partial charge is 0.456 e. The molecule has 19 aromatic carbocycles. The van der Waals surface area contributed by atoms with Crippen LogP contribution >= 0.6 is 11.3 Å². The van der Waals surface area contributed by atoms with Gasteiger partial charge in [-0.25, -0.2) is 0 Å². The highest BCUT2D eigenvalue weighted by molar-refractivity contribution is 7.25. The summed E-state index contributed by atoms with van der Waals surface area (Å²) in [7, 11) is 0. The highest BCUT2D eigenvalue weighted by Gasteiger charge is 2.19. The zero-order valence-electron chi connectivity index (χ0n) is 62.9. The minimum atomic E-state index is 0.915. The zero-order chi connectivity index (χ0) is 77.0. The number of hydrogen-bond donors (Lipinski definition) is 0. The Kier molecular flexibility index (Phi) is 16.0. The van der Waals surface area contributed by atoms with E-state index in [0.717, 1.165) is 109 Å². The molecular weight excluding hydrogens is 1450 g/mol. The molecule has 0 spiro atoms. The molecule has 0 unspecified atom stereocenters. The predicted molar refractivity (Wildman–Crippen MR) is 489 cm³/mol. The van der Waals surface area contributed by atoms with Gasteiger partial charge < -0.3 is 8.83 Å². The lowest BCUT2D eigenvalue weighted by atomic mass is 9.92. The van der Waals surface area contributed by atoms with Crippen molar-refractivity contribution >= 4 is 173 Å². The van der Waals surface area contributed by atoms with Gasteiger partial charge in [-0.15, -0.1) is 11.3 Å². The number of para-hydroxylation sites is 2. The second kappa shape index (κ2) is 27.8. The van der Waals surface area contributed by atoms with Crippen molar-refractivity contribution in [3.8, 4) is 77.9 Å². The Hall–Kier alpha value is -15.4. The molecule has 0 saturated carbocycles. The predicted octanol–water partition coefficient (Wildman–Crippen LogP) is 29.6. The molecule has 9 heteroatoms. The molecule has 0 fully saturated rings. The number of thiophene rings is 1. The Labute approximate surface area is 674 Å². The maximum absolute atomic E-state index is 6.03. The summed E-state index contributed by atoms with van der Waals surface area (Å²) in [6, 6.07) is 126. The first-order valence-electron chi connectivity index (χ1n) is 39.3. The zero-order valence-corrected chi connectivity index (χ0v) is 63.7. The summed E-state index contributed by atoms with van der Waals surface area (Å²) in [6.45, 7) is 0. The fourth-order valence-electron chi connectivity index (χ4n) is 17.6. The van der Waals surface area contributed by atoms with Gasteiger partial charge in [-0.2, -0.15) is 0 Å². The van der Waals surface area contributed by atoms with Gasteiger partial charge in [0.2, 0.25) is 0 Å². The molecular formula is C108H64N6O2S. The van der Waals surface area contributed by atoms with Crippen molar-refractivity contribution in [2.45, 2.75) is 0 Å². The number of furan rings is 2. The van der Waals surface area contributed by atoms with Crippen molar-refractivity contribution in [2.24, 2.45) is 0 Å². The van der Waals surface area contributed by atoms with Crippen molar-refractivity contribution in [1.82, 2.24) is 29.9 Å². The van der Waals surface area contributed by atoms with Crippen LogP contribution in [0.2, 0.25) is 0 Å². The summed E-state index contributed by atoms with van der Waals surface area (Å²) >= 11 is 1.86. The van der Waals surface area contributed by atoms with Gasteiger partial charge in [0.25, 0.3) is 0 Å². The van der Waals surface area contributed by atoms with E-state index in [0.29, 0.717) is 0 Å². The number of rotatable bonds is 7. The van der Waals surface area contributed by atoms with E-state index in [1.54, 1.807) is 37.2 Å². The summed E-state index contributed by atoms with van der Waals surface area (Å²) in [5.74, 6) is 0. The molecule has 0 N–H and O–H groups in total. The first-order valence-corrected chi connectivity index (χ1v) is 40.1. The van der Waals surface area contributed by atoms with E-state index in [9.17, 15) is 0 Å². The van der Waals surface area contributed by atoms with Crippen LogP contribution in [-0.4, -0.2) is 29.9 Å². The number of aromatic nitrogens is 6. The maximum Gasteiger partial charge on any atom is 0.135 e. The molecule has 25 aromatic rings. The van der Waals surface area contributed by atoms with Crippen molar-refractivity contribution in [1.29, 1.82) is 0 Å². The normalized spacial score (nSPS) is 11.8. The molecule has 0 saturated heterocycles. The molecule has 0 amide bonds. The quantitative estimate of drug-likeness (QED) is 0.145. The van der Waals surface area contributed by atoms with Gasteiger partial charge in [0.15, 0.2) is 0 Å². The van der Waals surface area contributed by atoms with Crippen LogP contribution in [-0.2, 0) is 0 Å². The van der Waals surface area contributed by atoms with Crippen LogP contribution in [0.5, 0.6) is 0 Å². The molecule has 0 bridgehead atoms. The van der Waals surface area contributed by atoms with Crippen molar-refractivity contribution < 1.29 is 8.83 Å². The molecule has 117 heavy (non-hydrogen) atoms. The minimum absolute atomic E-state index is 0.915. The van der Waals surface area contributed by atoms with Gasteiger partial charge in [-0.05, 0) is 201 Å². The summed E-state index contributed by atoms with van der Waals surface area (Å²) < 4.78 is 14.7. The van der Waals surface area contributed by atoms with Crippen LogP contribution < -0.4 is 0 Å². The van der Waals surface area contributed by atoms with Crippen LogP contribution in [0.15, 0.2) is 398 Å². The van der Waals surface area contributed by atoms with Gasteiger partial charge in [0.1, 0.15) is 22.3 Å². The number of nitrogens with zero attached hydrogens (tertiary/aromatic N) is 6. The molecule has 8 nitrogen and oxygen atoms in total. The number of benzene rings is 19. The second-order valence-electron chi connectivity index (χ2n) is 29.9. The van der Waals surface area contributed by atoms with Crippen LogP contribution in [0, 0.1) is 0 Å². The van der Waals surface area contributed by atoms with Gasteiger partial charge >= 0.3 is 0 Å². The summed E-state index contributed by atoms with van der Waals surface area (Å²) in [5, 5.41) is 21.2. The highest BCUT2D eigenvalue weighted by atomic mass is 32.1. The van der Waals surface area contributed by atoms with Crippen LogP contribution in [0.1, 0.15) is 0 Å². The highest BCUT2D eigenvalue weighted by Crippen LogP contribution is 2.44. The van der Waals surface area contributed by atoms with E-state index in [4.69, 9.17) is 18.8 Å². The lowest BCUT2D eigenvalue weighted by Crippen LogP contribution is -1.90. The molecule has 0 aliphatic heterocycles. The smallest absolute Gasteiger partial charge is 0.135 e. The van der Waals surface area contributed by atoms with Crippen LogP contribution in [0.4, 0.5) is 0 Å². The van der Waals surface area contributed by atoms with Crippen molar-refractivity contribution in [3.63, 3.8) is 0 Å². The topological polar surface area (TPSA) is 104 Å². The van der Waals surface area contributed by atoms with E-state index in [-0.39, 0.29) is 0 Å². The van der Waals surface area contributed by atoms with Gasteiger partial charge in [0.05, 0.1) is 33.1 Å². The summed E-state index contributed by atoms with van der Waals surface area (Å²) in [5.41, 5.74) is 26.0. The monoisotopic (exact) mass is 1510 g/mol.